The van der Waals surface area contributed by atoms with Crippen LogP contribution in [0, 0.1) is 11.3 Å². The number of carbonyl (C=O) groups excluding carboxylic acids is 1. The number of rotatable bonds is 4. The third kappa shape index (κ3) is 3.19. The maximum Gasteiger partial charge on any atom is 0.308 e. The quantitative estimate of drug-likeness (QED) is 0.501. The largest absolute Gasteiger partial charge is 0.493 e. The highest BCUT2D eigenvalue weighted by Gasteiger charge is 2.36. The van der Waals surface area contributed by atoms with Gasteiger partial charge in [0, 0.05) is 6.92 Å². The van der Waals surface area contributed by atoms with Gasteiger partial charge in [0.1, 0.15) is 11.6 Å². The first-order valence-corrected chi connectivity index (χ1v) is 9.47. The van der Waals surface area contributed by atoms with E-state index in [1.807, 2.05) is 17.5 Å². The highest BCUT2D eigenvalue weighted by molar-refractivity contribution is 7.13. The van der Waals surface area contributed by atoms with Crippen molar-refractivity contribution in [1.29, 1.82) is 5.26 Å². The fourth-order valence-corrected chi connectivity index (χ4v) is 4.02. The Hall–Kier alpha value is -3.77. The number of allylic oxidation sites excluding steroid dienone is 1. The Labute approximate surface area is 170 Å². The number of fused-ring (bicyclic) bond motifs is 1. The third-order valence-electron chi connectivity index (χ3n) is 4.48. The van der Waals surface area contributed by atoms with E-state index in [1.54, 1.807) is 18.2 Å². The van der Waals surface area contributed by atoms with Gasteiger partial charge in [0.05, 0.1) is 29.2 Å². The van der Waals surface area contributed by atoms with Crippen molar-refractivity contribution >= 4 is 17.3 Å². The van der Waals surface area contributed by atoms with E-state index in [1.165, 1.54) is 25.4 Å². The number of hydrogen-bond acceptors (Lipinski definition) is 8. The van der Waals surface area contributed by atoms with Crippen LogP contribution in [0.25, 0.3) is 10.6 Å². The topological polar surface area (TPSA) is 123 Å². The van der Waals surface area contributed by atoms with Gasteiger partial charge in [-0.2, -0.15) is 5.26 Å². The van der Waals surface area contributed by atoms with Crippen LogP contribution in [0.5, 0.6) is 17.4 Å². The Morgan fingerprint density at radius 2 is 2.21 bits per heavy atom. The second kappa shape index (κ2) is 7.33. The van der Waals surface area contributed by atoms with Crippen LogP contribution in [-0.4, -0.2) is 23.3 Å². The molecule has 0 amide bonds. The Morgan fingerprint density at radius 3 is 2.86 bits per heavy atom. The molecule has 1 aliphatic rings. The van der Waals surface area contributed by atoms with Crippen LogP contribution in [-0.2, 0) is 4.79 Å². The van der Waals surface area contributed by atoms with E-state index in [0.29, 0.717) is 17.2 Å². The number of ether oxygens (including phenoxy) is 3. The molecule has 2 aromatic heterocycles. The first-order valence-electron chi connectivity index (χ1n) is 8.59. The summed E-state index contributed by atoms with van der Waals surface area (Å²) in [5, 5.41) is 19.0. The first kappa shape index (κ1) is 18.6. The van der Waals surface area contributed by atoms with Crippen LogP contribution in [0.2, 0.25) is 0 Å². The van der Waals surface area contributed by atoms with Gasteiger partial charge in [-0.3, -0.25) is 9.89 Å². The van der Waals surface area contributed by atoms with Gasteiger partial charge in [0.25, 0.3) is 0 Å². The van der Waals surface area contributed by atoms with Gasteiger partial charge < -0.3 is 19.9 Å². The summed E-state index contributed by atoms with van der Waals surface area (Å²) >= 11 is 1.54. The zero-order chi connectivity index (χ0) is 20.5. The van der Waals surface area contributed by atoms with Crippen molar-refractivity contribution in [2.75, 3.05) is 7.11 Å². The Kier molecular flexibility index (Phi) is 4.70. The highest BCUT2D eigenvalue weighted by atomic mass is 32.1. The molecule has 3 N–H and O–H groups in total. The molecule has 0 saturated heterocycles. The molecule has 146 valence electrons. The number of thiophene rings is 1. The van der Waals surface area contributed by atoms with Gasteiger partial charge in [-0.05, 0) is 29.1 Å². The number of benzene rings is 1. The molecule has 1 unspecified atom stereocenters. The zero-order valence-electron chi connectivity index (χ0n) is 15.6. The SMILES string of the molecule is COc1cc(C2C(C#N)=C(N)Oc3n[nH]c(-c4cccs4)c32)ccc1OC(C)=O. The van der Waals surface area contributed by atoms with Gasteiger partial charge in [-0.25, -0.2) is 0 Å². The molecule has 1 aromatic carbocycles. The van der Waals surface area contributed by atoms with E-state index >= 15 is 0 Å². The lowest BCUT2D eigenvalue weighted by Gasteiger charge is -2.24. The fourth-order valence-electron chi connectivity index (χ4n) is 3.29. The Bertz CT molecular complexity index is 1160. The molecule has 0 saturated carbocycles. The van der Waals surface area contributed by atoms with Gasteiger partial charge in [0.15, 0.2) is 11.5 Å². The van der Waals surface area contributed by atoms with Crippen molar-refractivity contribution in [3.63, 3.8) is 0 Å². The van der Waals surface area contributed by atoms with Gasteiger partial charge in [-0.1, -0.05) is 12.1 Å². The molecular formula is C20H16N4O4S. The number of esters is 1. The monoisotopic (exact) mass is 408 g/mol. The Morgan fingerprint density at radius 1 is 1.38 bits per heavy atom. The molecule has 4 rings (SSSR count). The number of aromatic amines is 1. The molecule has 1 aliphatic heterocycles. The minimum Gasteiger partial charge on any atom is -0.493 e. The molecule has 8 nitrogen and oxygen atoms in total. The number of methoxy groups -OCH3 is 1. The number of nitrogens with two attached hydrogens (primary N) is 1. The maximum atomic E-state index is 11.3. The smallest absolute Gasteiger partial charge is 0.308 e. The van der Waals surface area contributed by atoms with Crippen LogP contribution in [0.1, 0.15) is 24.0 Å². The van der Waals surface area contributed by atoms with Crippen LogP contribution in [0.3, 0.4) is 0 Å². The normalized spacial score (nSPS) is 15.3. The minimum atomic E-state index is -0.528. The number of aromatic nitrogens is 2. The molecule has 9 heteroatoms. The molecular weight excluding hydrogens is 392 g/mol. The number of nitrogens with zero attached hydrogens (tertiary/aromatic N) is 2. The average Bonchev–Trinajstić information content (AvgIpc) is 3.36. The summed E-state index contributed by atoms with van der Waals surface area (Å²) < 4.78 is 16.2. The summed E-state index contributed by atoms with van der Waals surface area (Å²) in [7, 11) is 1.48. The molecule has 3 aromatic rings. The fraction of sp³-hybridized carbons (Fsp3) is 0.150. The van der Waals surface area contributed by atoms with E-state index in [0.717, 1.165) is 16.1 Å². The molecule has 0 aliphatic carbocycles. The summed E-state index contributed by atoms with van der Waals surface area (Å²) in [6, 6.07) is 11.1. The lowest BCUT2D eigenvalue weighted by Crippen LogP contribution is -2.21. The van der Waals surface area contributed by atoms with E-state index in [9.17, 15) is 10.1 Å². The predicted molar refractivity (Wildman–Crippen MR) is 106 cm³/mol. The highest BCUT2D eigenvalue weighted by Crippen LogP contribution is 2.47. The van der Waals surface area contributed by atoms with Crippen molar-refractivity contribution in [2.24, 2.45) is 5.73 Å². The average molecular weight is 408 g/mol. The molecule has 1 atom stereocenters. The third-order valence-corrected chi connectivity index (χ3v) is 5.37. The minimum absolute atomic E-state index is 0.00254. The first-order chi connectivity index (χ1) is 14.0. The van der Waals surface area contributed by atoms with Gasteiger partial charge >= 0.3 is 5.97 Å². The number of nitriles is 1. The van der Waals surface area contributed by atoms with Crippen LogP contribution >= 0.6 is 11.3 Å². The molecule has 3 heterocycles. The van der Waals surface area contributed by atoms with E-state index in [-0.39, 0.29) is 17.2 Å². The summed E-state index contributed by atoms with van der Waals surface area (Å²) in [6.07, 6.45) is 0. The van der Waals surface area contributed by atoms with Crippen LogP contribution in [0.4, 0.5) is 0 Å². The van der Waals surface area contributed by atoms with E-state index in [2.05, 4.69) is 16.3 Å². The summed E-state index contributed by atoms with van der Waals surface area (Å²) in [5.74, 6) is -0.0175. The number of nitrogens with one attached hydrogen (secondary N) is 1. The van der Waals surface area contributed by atoms with E-state index in [4.69, 9.17) is 19.9 Å². The predicted octanol–water partition coefficient (Wildman–Crippen LogP) is 3.29. The lowest BCUT2D eigenvalue weighted by atomic mass is 9.83. The summed E-state index contributed by atoms with van der Waals surface area (Å²) in [4.78, 5) is 12.3. The Balaban J connectivity index is 1.90. The van der Waals surface area contributed by atoms with Crippen molar-refractivity contribution in [1.82, 2.24) is 10.2 Å². The number of hydrogen-bond donors (Lipinski definition) is 2. The van der Waals surface area contributed by atoms with Crippen LogP contribution in [0.15, 0.2) is 47.2 Å². The number of H-pyrrole nitrogens is 1. The lowest BCUT2D eigenvalue weighted by molar-refractivity contribution is -0.132. The number of carbonyl (C=O) groups is 1. The van der Waals surface area contributed by atoms with Crippen molar-refractivity contribution in [3.8, 4) is 34.0 Å². The van der Waals surface area contributed by atoms with E-state index < -0.39 is 11.9 Å². The second-order valence-electron chi connectivity index (χ2n) is 6.22. The standard InChI is InChI=1S/C20H16N4O4S/c1-10(25)27-13-6-5-11(8-14(13)26-2)16-12(9-21)19(22)28-20-17(16)18(23-24-20)15-4-3-7-29-15/h3-8,16H,22H2,1-2H3,(H,23,24). The summed E-state index contributed by atoms with van der Waals surface area (Å²) in [6.45, 7) is 1.31. The zero-order valence-corrected chi connectivity index (χ0v) is 16.4. The van der Waals surface area contributed by atoms with Gasteiger partial charge in [0.2, 0.25) is 11.8 Å². The summed E-state index contributed by atoms with van der Waals surface area (Å²) in [5.41, 5.74) is 8.46. The van der Waals surface area contributed by atoms with Gasteiger partial charge in [-0.15, -0.1) is 16.4 Å². The second-order valence-corrected chi connectivity index (χ2v) is 7.17. The molecule has 0 fully saturated rings. The molecule has 0 radical (unpaired) electrons. The maximum absolute atomic E-state index is 11.3. The van der Waals surface area contributed by atoms with Crippen molar-refractivity contribution < 1.29 is 19.0 Å². The molecule has 0 spiro atoms. The van der Waals surface area contributed by atoms with Crippen LogP contribution < -0.4 is 19.9 Å². The van der Waals surface area contributed by atoms with Crippen molar-refractivity contribution in [3.05, 3.63) is 58.3 Å². The van der Waals surface area contributed by atoms with Crippen molar-refractivity contribution in [2.45, 2.75) is 12.8 Å². The molecule has 29 heavy (non-hydrogen) atoms. The molecule has 0 bridgehead atoms.